The van der Waals surface area contributed by atoms with Crippen molar-refractivity contribution in [2.45, 2.75) is 33.2 Å². The van der Waals surface area contributed by atoms with E-state index in [1.807, 2.05) is 13.0 Å². The molecule has 8 nitrogen and oxygen atoms in total. The molecular weight excluding hydrogens is 382 g/mol. The molecule has 2 aromatic rings. The van der Waals surface area contributed by atoms with Gasteiger partial charge in [-0.3, -0.25) is 19.2 Å². The number of nitrogens with zero attached hydrogens (tertiary/aromatic N) is 2. The monoisotopic (exact) mass is 405 g/mol. The Kier molecular flexibility index (Phi) is 6.40. The third-order valence-corrected chi connectivity index (χ3v) is 5.53. The number of amides is 1. The second-order valence-corrected chi connectivity index (χ2v) is 8.38. The molecule has 0 saturated carbocycles. The van der Waals surface area contributed by atoms with Crippen molar-refractivity contribution >= 4 is 33.0 Å². The quantitative estimate of drug-likeness (QED) is 0.561. The normalized spacial score (nSPS) is 12.3. The topological polar surface area (TPSA) is 110 Å². The summed E-state index contributed by atoms with van der Waals surface area (Å²) >= 11 is 0. The van der Waals surface area contributed by atoms with E-state index in [4.69, 9.17) is 0 Å². The second-order valence-electron chi connectivity index (χ2n) is 6.52. The molecule has 0 saturated heterocycles. The zero-order valence-electron chi connectivity index (χ0n) is 16.2. The number of nitro groups is 1. The lowest BCUT2D eigenvalue weighted by molar-refractivity contribution is -0.385. The van der Waals surface area contributed by atoms with Crippen molar-refractivity contribution < 1.29 is 18.1 Å². The third-order valence-electron chi connectivity index (χ3n) is 4.35. The minimum atomic E-state index is -3.75. The molecule has 0 radical (unpaired) electrons. The van der Waals surface area contributed by atoms with E-state index in [0.717, 1.165) is 16.1 Å². The molecule has 1 atom stereocenters. The minimum absolute atomic E-state index is 0.121. The van der Waals surface area contributed by atoms with E-state index in [1.165, 1.54) is 19.1 Å². The van der Waals surface area contributed by atoms with E-state index in [2.05, 4.69) is 5.32 Å². The lowest BCUT2D eigenvalue weighted by atomic mass is 10.1. The highest BCUT2D eigenvalue weighted by molar-refractivity contribution is 7.92. The summed E-state index contributed by atoms with van der Waals surface area (Å²) in [5.74, 6) is -0.557. The Balaban J connectivity index is 2.43. The number of nitro benzene ring substituents is 1. The Labute approximate surface area is 164 Å². The van der Waals surface area contributed by atoms with Crippen LogP contribution >= 0.6 is 0 Å². The molecule has 150 valence electrons. The lowest BCUT2D eigenvalue weighted by Crippen LogP contribution is -2.47. The van der Waals surface area contributed by atoms with Gasteiger partial charge in [0.05, 0.1) is 28.1 Å². The summed E-state index contributed by atoms with van der Waals surface area (Å²) < 4.78 is 26.0. The van der Waals surface area contributed by atoms with Crippen LogP contribution in [0.2, 0.25) is 0 Å². The number of aryl methyl sites for hydroxylation is 1. The third kappa shape index (κ3) is 4.66. The average Bonchev–Trinajstić information content (AvgIpc) is 2.59. The number of benzene rings is 2. The summed E-state index contributed by atoms with van der Waals surface area (Å²) in [5, 5.41) is 13.8. The Morgan fingerprint density at radius 2 is 1.86 bits per heavy atom. The maximum absolute atomic E-state index is 12.9. The predicted molar refractivity (Wildman–Crippen MR) is 109 cm³/mol. The number of sulfonamides is 1. The van der Waals surface area contributed by atoms with Crippen molar-refractivity contribution in [1.29, 1.82) is 0 Å². The molecule has 0 bridgehead atoms. The largest absolute Gasteiger partial charge is 0.324 e. The molecule has 0 heterocycles. The molecule has 1 amide bonds. The van der Waals surface area contributed by atoms with Crippen LogP contribution in [-0.4, -0.2) is 31.5 Å². The van der Waals surface area contributed by atoms with E-state index in [0.29, 0.717) is 11.3 Å². The number of carbonyl (C=O) groups excluding carboxylic acids is 1. The van der Waals surface area contributed by atoms with Crippen molar-refractivity contribution in [1.82, 2.24) is 0 Å². The Hall–Kier alpha value is -2.94. The molecule has 0 unspecified atom stereocenters. The fourth-order valence-corrected chi connectivity index (χ4v) is 4.20. The molecule has 0 aromatic heterocycles. The summed E-state index contributed by atoms with van der Waals surface area (Å²) in [6.07, 6.45) is 1.27. The highest BCUT2D eigenvalue weighted by Gasteiger charge is 2.32. The summed E-state index contributed by atoms with van der Waals surface area (Å²) in [6, 6.07) is 10.2. The van der Waals surface area contributed by atoms with E-state index in [-0.39, 0.29) is 17.8 Å². The zero-order valence-corrected chi connectivity index (χ0v) is 17.0. The molecule has 0 aliphatic rings. The van der Waals surface area contributed by atoms with E-state index >= 15 is 0 Å². The van der Waals surface area contributed by atoms with Gasteiger partial charge in [-0.1, -0.05) is 25.1 Å². The standard InChI is InChI=1S/C19H23N3O5S/c1-5-17(21(28(4,26)27)15-9-6-8-13(2)12-15)19(23)20-16-10-7-11-18(14(16)3)22(24)25/h6-12,17H,5H2,1-4H3,(H,20,23)/t17-/m1/s1. The fourth-order valence-electron chi connectivity index (χ4n) is 3.00. The van der Waals surface area contributed by atoms with Gasteiger partial charge >= 0.3 is 0 Å². The predicted octanol–water partition coefficient (Wildman–Crippen LogP) is 3.39. The average molecular weight is 405 g/mol. The minimum Gasteiger partial charge on any atom is -0.324 e. The first-order valence-corrected chi connectivity index (χ1v) is 10.5. The summed E-state index contributed by atoms with van der Waals surface area (Å²) in [6.45, 7) is 5.07. The highest BCUT2D eigenvalue weighted by Crippen LogP contribution is 2.27. The van der Waals surface area contributed by atoms with Crippen LogP contribution < -0.4 is 9.62 Å². The van der Waals surface area contributed by atoms with Gasteiger partial charge in [-0.05, 0) is 44.0 Å². The Morgan fingerprint density at radius 1 is 1.21 bits per heavy atom. The summed E-state index contributed by atoms with van der Waals surface area (Å²) in [4.78, 5) is 23.5. The molecule has 0 aliphatic carbocycles. The smallest absolute Gasteiger partial charge is 0.274 e. The summed E-state index contributed by atoms with van der Waals surface area (Å²) in [7, 11) is -3.75. The van der Waals surface area contributed by atoms with Gasteiger partial charge in [0, 0.05) is 6.07 Å². The summed E-state index contributed by atoms with van der Waals surface area (Å²) in [5.41, 5.74) is 1.70. The number of carbonyl (C=O) groups is 1. The number of rotatable bonds is 7. The maximum Gasteiger partial charge on any atom is 0.274 e. The van der Waals surface area contributed by atoms with Gasteiger partial charge in [0.1, 0.15) is 6.04 Å². The second kappa shape index (κ2) is 8.39. The lowest BCUT2D eigenvalue weighted by Gasteiger charge is -2.30. The van der Waals surface area contributed by atoms with E-state index in [9.17, 15) is 23.3 Å². The van der Waals surface area contributed by atoms with Gasteiger partial charge in [-0.25, -0.2) is 8.42 Å². The van der Waals surface area contributed by atoms with Crippen molar-refractivity contribution in [3.05, 3.63) is 63.7 Å². The molecule has 28 heavy (non-hydrogen) atoms. The van der Waals surface area contributed by atoms with Crippen molar-refractivity contribution in [3.8, 4) is 0 Å². The molecule has 0 spiro atoms. The molecule has 1 N–H and O–H groups in total. The first kappa shape index (κ1) is 21.4. The van der Waals surface area contributed by atoms with Gasteiger partial charge < -0.3 is 5.32 Å². The molecule has 0 aliphatic heterocycles. The van der Waals surface area contributed by atoms with Crippen LogP contribution in [0.5, 0.6) is 0 Å². The van der Waals surface area contributed by atoms with Gasteiger partial charge in [0.2, 0.25) is 15.9 Å². The maximum atomic E-state index is 12.9. The van der Waals surface area contributed by atoms with Gasteiger partial charge in [0.15, 0.2) is 0 Å². The van der Waals surface area contributed by atoms with Crippen LogP contribution in [0.15, 0.2) is 42.5 Å². The molecule has 2 rings (SSSR count). The fraction of sp³-hybridized carbons (Fsp3) is 0.316. The number of hydrogen-bond donors (Lipinski definition) is 1. The van der Waals surface area contributed by atoms with E-state index in [1.54, 1.807) is 31.2 Å². The highest BCUT2D eigenvalue weighted by atomic mass is 32.2. The van der Waals surface area contributed by atoms with Crippen LogP contribution in [0.1, 0.15) is 24.5 Å². The van der Waals surface area contributed by atoms with Crippen molar-refractivity contribution in [2.24, 2.45) is 0 Å². The van der Waals surface area contributed by atoms with Crippen molar-refractivity contribution in [2.75, 3.05) is 15.9 Å². The Morgan fingerprint density at radius 3 is 2.39 bits per heavy atom. The van der Waals surface area contributed by atoms with Crippen LogP contribution in [0.3, 0.4) is 0 Å². The van der Waals surface area contributed by atoms with E-state index < -0.39 is 26.9 Å². The molecular formula is C19H23N3O5S. The number of hydrogen-bond acceptors (Lipinski definition) is 5. The SMILES string of the molecule is CC[C@H](C(=O)Nc1cccc([N+](=O)[O-])c1C)N(c1cccc(C)c1)S(C)(=O)=O. The van der Waals surface area contributed by atoms with Crippen LogP contribution in [-0.2, 0) is 14.8 Å². The van der Waals surface area contributed by atoms with Gasteiger partial charge in [0.25, 0.3) is 5.69 Å². The van der Waals surface area contributed by atoms with Gasteiger partial charge in [-0.2, -0.15) is 0 Å². The Bertz CT molecular complexity index is 1000. The first-order chi connectivity index (χ1) is 13.1. The molecule has 0 fully saturated rings. The van der Waals surface area contributed by atoms with Crippen LogP contribution in [0.4, 0.5) is 17.1 Å². The molecule has 9 heteroatoms. The molecule has 2 aromatic carbocycles. The van der Waals surface area contributed by atoms with Gasteiger partial charge in [-0.15, -0.1) is 0 Å². The van der Waals surface area contributed by atoms with Crippen LogP contribution in [0, 0.1) is 24.0 Å². The first-order valence-electron chi connectivity index (χ1n) is 8.67. The zero-order chi connectivity index (χ0) is 21.1. The number of nitrogens with one attached hydrogen (secondary N) is 1. The number of anilines is 2. The van der Waals surface area contributed by atoms with Crippen LogP contribution in [0.25, 0.3) is 0 Å². The van der Waals surface area contributed by atoms with Crippen molar-refractivity contribution in [3.63, 3.8) is 0 Å².